The van der Waals surface area contributed by atoms with Crippen molar-refractivity contribution in [2.45, 2.75) is 18.9 Å². The number of alkyl halides is 2. The van der Waals surface area contributed by atoms with Gasteiger partial charge in [0, 0.05) is 7.05 Å². The zero-order valence-corrected chi connectivity index (χ0v) is 9.91. The summed E-state index contributed by atoms with van der Waals surface area (Å²) < 4.78 is 31.2. The number of rotatable bonds is 2. The largest absolute Gasteiger partial charge is 0.490 e. The Morgan fingerprint density at radius 2 is 2.18 bits per heavy atom. The van der Waals surface area contributed by atoms with Gasteiger partial charge in [-0.2, -0.15) is 0 Å². The number of nitrogens with two attached hydrogens (primary N) is 1. The molecule has 0 saturated carbocycles. The van der Waals surface area contributed by atoms with Crippen LogP contribution in [0.15, 0.2) is 18.2 Å². The molecule has 0 saturated heterocycles. The quantitative estimate of drug-likeness (QED) is 0.861. The Bertz CT molecular complexity index is 421. The van der Waals surface area contributed by atoms with Gasteiger partial charge >= 0.3 is 0 Å². The topological polar surface area (TPSA) is 38.5 Å². The first-order valence-corrected chi connectivity index (χ1v) is 5.48. The van der Waals surface area contributed by atoms with E-state index in [4.69, 9.17) is 10.5 Å². The molecule has 94 valence electrons. The van der Waals surface area contributed by atoms with Crippen molar-refractivity contribution in [1.82, 2.24) is 0 Å². The zero-order valence-electron chi connectivity index (χ0n) is 9.91. The highest BCUT2D eigenvalue weighted by Gasteiger charge is 2.33. The molecule has 1 aromatic carbocycles. The van der Waals surface area contributed by atoms with Crippen molar-refractivity contribution < 1.29 is 13.5 Å². The molecule has 1 aliphatic heterocycles. The number of hydrogen-bond acceptors (Lipinski definition) is 3. The lowest BCUT2D eigenvalue weighted by Gasteiger charge is -2.31. The van der Waals surface area contributed by atoms with E-state index in [9.17, 15) is 8.78 Å². The van der Waals surface area contributed by atoms with Gasteiger partial charge in [-0.15, -0.1) is 0 Å². The molecule has 0 radical (unpaired) electrons. The fraction of sp³-hybridized carbons (Fsp3) is 0.500. The Hall–Kier alpha value is -1.36. The second kappa shape index (κ2) is 4.14. The first-order chi connectivity index (χ1) is 7.93. The average Bonchev–Trinajstić information content (AvgIpc) is 2.29. The summed E-state index contributed by atoms with van der Waals surface area (Å²) in [5.41, 5.74) is 5.25. The second-order valence-corrected chi connectivity index (χ2v) is 4.54. The first kappa shape index (κ1) is 12.1. The molecule has 0 bridgehead atoms. The molecule has 1 unspecified atom stereocenters. The lowest BCUT2D eigenvalue weighted by atomic mass is 9.93. The highest BCUT2D eigenvalue weighted by Crippen LogP contribution is 2.35. The molecule has 0 amide bonds. The van der Waals surface area contributed by atoms with Crippen LogP contribution in [0.2, 0.25) is 0 Å². The van der Waals surface area contributed by atoms with E-state index in [0.29, 0.717) is 17.9 Å². The number of nitrogens with zero attached hydrogens (tertiary/aromatic N) is 1. The Morgan fingerprint density at radius 1 is 1.47 bits per heavy atom. The number of halogens is 2. The van der Waals surface area contributed by atoms with Gasteiger partial charge < -0.3 is 15.4 Å². The van der Waals surface area contributed by atoms with E-state index in [1.807, 2.05) is 11.9 Å². The summed E-state index contributed by atoms with van der Waals surface area (Å²) in [4.78, 5) is 1.98. The van der Waals surface area contributed by atoms with Crippen LogP contribution in [0.1, 0.15) is 12.5 Å². The fourth-order valence-electron chi connectivity index (χ4n) is 1.81. The number of fused-ring (bicyclic) bond motifs is 1. The van der Waals surface area contributed by atoms with Crippen LogP contribution in [0.25, 0.3) is 0 Å². The molecule has 1 aliphatic rings. The maximum absolute atomic E-state index is 12.9. The molecule has 2 N–H and O–H groups in total. The van der Waals surface area contributed by atoms with Crippen LogP contribution in [0.4, 0.5) is 14.5 Å². The van der Waals surface area contributed by atoms with E-state index in [1.54, 1.807) is 18.2 Å². The molecule has 0 spiro atoms. The number of ether oxygens (including phenoxy) is 1. The summed E-state index contributed by atoms with van der Waals surface area (Å²) in [7, 11) is 1.90. The predicted molar refractivity (Wildman–Crippen MR) is 62.8 cm³/mol. The molecule has 17 heavy (non-hydrogen) atoms. The van der Waals surface area contributed by atoms with Gasteiger partial charge in [-0.3, -0.25) is 0 Å². The van der Waals surface area contributed by atoms with Crippen LogP contribution < -0.4 is 15.4 Å². The molecule has 0 aliphatic carbocycles. The van der Waals surface area contributed by atoms with Gasteiger partial charge in [0.25, 0.3) is 6.43 Å². The van der Waals surface area contributed by atoms with Crippen LogP contribution in [0, 0.1) is 0 Å². The highest BCUT2D eigenvalue weighted by atomic mass is 19.3. The van der Waals surface area contributed by atoms with Crippen molar-refractivity contribution in [3.05, 3.63) is 23.8 Å². The number of benzene rings is 1. The van der Waals surface area contributed by atoms with Crippen LogP contribution >= 0.6 is 0 Å². The molecular weight excluding hydrogens is 226 g/mol. The number of likely N-dealkylation sites (N-methyl/N-ethyl adjacent to an activating group) is 1. The third-order valence-corrected chi connectivity index (χ3v) is 3.13. The third-order valence-electron chi connectivity index (χ3n) is 3.13. The minimum atomic E-state index is -2.60. The van der Waals surface area contributed by atoms with Gasteiger partial charge in [0.2, 0.25) is 0 Å². The molecule has 5 heteroatoms. The van der Waals surface area contributed by atoms with Crippen molar-refractivity contribution in [3.8, 4) is 5.75 Å². The van der Waals surface area contributed by atoms with Gasteiger partial charge in [-0.05, 0) is 24.6 Å². The van der Waals surface area contributed by atoms with Gasteiger partial charge in [0.05, 0.1) is 17.8 Å². The SMILES string of the molecule is CN1CCOc2ccc(C(C)(N)C(F)F)cc21. The van der Waals surface area contributed by atoms with E-state index in [-0.39, 0.29) is 0 Å². The zero-order chi connectivity index (χ0) is 12.6. The Morgan fingerprint density at radius 3 is 2.82 bits per heavy atom. The number of hydrogen-bond donors (Lipinski definition) is 1. The van der Waals surface area contributed by atoms with E-state index in [1.165, 1.54) is 6.92 Å². The molecule has 0 aromatic heterocycles. The average molecular weight is 242 g/mol. The molecule has 1 heterocycles. The molecule has 2 rings (SSSR count). The second-order valence-electron chi connectivity index (χ2n) is 4.54. The fourth-order valence-corrected chi connectivity index (χ4v) is 1.81. The summed E-state index contributed by atoms with van der Waals surface area (Å²) in [6.07, 6.45) is -2.60. The van der Waals surface area contributed by atoms with E-state index < -0.39 is 12.0 Å². The summed E-state index contributed by atoms with van der Waals surface area (Å²) in [5, 5.41) is 0. The Balaban J connectivity index is 2.42. The smallest absolute Gasteiger partial charge is 0.260 e. The highest BCUT2D eigenvalue weighted by molar-refractivity contribution is 5.61. The minimum Gasteiger partial charge on any atom is -0.490 e. The first-order valence-electron chi connectivity index (χ1n) is 5.48. The van der Waals surface area contributed by atoms with Crippen molar-refractivity contribution in [3.63, 3.8) is 0 Å². The van der Waals surface area contributed by atoms with E-state index in [2.05, 4.69) is 0 Å². The van der Waals surface area contributed by atoms with Crippen molar-refractivity contribution >= 4 is 5.69 Å². The van der Waals surface area contributed by atoms with E-state index in [0.717, 1.165) is 12.2 Å². The van der Waals surface area contributed by atoms with Crippen LogP contribution in [0.5, 0.6) is 5.75 Å². The standard InChI is InChI=1S/C12H16F2N2O/c1-12(15,11(13)14)8-3-4-10-9(7-8)16(2)5-6-17-10/h3-4,7,11H,5-6,15H2,1-2H3. The summed E-state index contributed by atoms with van der Waals surface area (Å²) in [6.45, 7) is 2.69. The predicted octanol–water partition coefficient (Wildman–Crippen LogP) is 1.95. The van der Waals surface area contributed by atoms with Crippen LogP contribution in [-0.4, -0.2) is 26.6 Å². The lowest BCUT2D eigenvalue weighted by Crippen LogP contribution is -2.41. The molecule has 1 aromatic rings. The summed E-state index contributed by atoms with van der Waals surface area (Å²) in [5.74, 6) is 0.715. The molecule has 1 atom stereocenters. The minimum absolute atomic E-state index is 0.420. The van der Waals surface area contributed by atoms with Gasteiger partial charge in [-0.1, -0.05) is 6.07 Å². The van der Waals surface area contributed by atoms with Gasteiger partial charge in [0.15, 0.2) is 0 Å². The maximum Gasteiger partial charge on any atom is 0.260 e. The normalized spacial score (nSPS) is 18.6. The Kier molecular flexibility index (Phi) is 2.95. The summed E-state index contributed by atoms with van der Waals surface area (Å²) >= 11 is 0. The number of anilines is 1. The lowest BCUT2D eigenvalue weighted by molar-refractivity contribution is 0.0625. The van der Waals surface area contributed by atoms with Crippen molar-refractivity contribution in [2.24, 2.45) is 5.73 Å². The van der Waals surface area contributed by atoms with Gasteiger partial charge in [0.1, 0.15) is 12.4 Å². The van der Waals surface area contributed by atoms with Crippen LogP contribution in [-0.2, 0) is 5.54 Å². The monoisotopic (exact) mass is 242 g/mol. The van der Waals surface area contributed by atoms with Crippen molar-refractivity contribution in [1.29, 1.82) is 0 Å². The third kappa shape index (κ3) is 2.07. The molecule has 0 fully saturated rings. The maximum atomic E-state index is 12.9. The molecular formula is C12H16F2N2O. The van der Waals surface area contributed by atoms with Crippen molar-refractivity contribution in [2.75, 3.05) is 25.1 Å². The molecule has 3 nitrogen and oxygen atoms in total. The Labute approximate surface area is 99.2 Å². The van der Waals surface area contributed by atoms with Gasteiger partial charge in [-0.25, -0.2) is 8.78 Å². The summed E-state index contributed by atoms with van der Waals surface area (Å²) in [6, 6.07) is 4.98. The van der Waals surface area contributed by atoms with E-state index >= 15 is 0 Å². The van der Waals surface area contributed by atoms with Crippen LogP contribution in [0.3, 0.4) is 0 Å².